The third kappa shape index (κ3) is 3.65. The van der Waals surface area contributed by atoms with Crippen LogP contribution in [0.4, 0.5) is 0 Å². The number of hydrogen-bond acceptors (Lipinski definition) is 4. The molecule has 134 valence electrons. The molecule has 2 aromatic rings. The van der Waals surface area contributed by atoms with Crippen LogP contribution in [0.25, 0.3) is 0 Å². The number of fused-ring (bicyclic) bond motifs is 1. The number of rotatable bonds is 6. The molecule has 4 heteroatoms. The first-order valence-corrected chi connectivity index (χ1v) is 9.62. The highest BCUT2D eigenvalue weighted by molar-refractivity contribution is 5.21. The van der Waals surface area contributed by atoms with Gasteiger partial charge in [0.2, 0.25) is 0 Å². The smallest absolute Gasteiger partial charge is 0.137 e. The Morgan fingerprint density at radius 3 is 2.76 bits per heavy atom. The van der Waals surface area contributed by atoms with Crippen molar-refractivity contribution in [2.45, 2.75) is 45.7 Å². The molecule has 1 aromatic carbocycles. The first-order valence-electron chi connectivity index (χ1n) is 9.62. The summed E-state index contributed by atoms with van der Waals surface area (Å²) in [6.07, 6.45) is 3.72. The Balaban J connectivity index is 1.28. The van der Waals surface area contributed by atoms with Crippen LogP contribution in [0.1, 0.15) is 35.4 Å². The van der Waals surface area contributed by atoms with Crippen LogP contribution in [0, 0.1) is 25.7 Å². The minimum Gasteiger partial charge on any atom is -0.361 e. The van der Waals surface area contributed by atoms with Gasteiger partial charge >= 0.3 is 0 Å². The lowest BCUT2D eigenvalue weighted by atomic mass is 9.97. The Hall–Kier alpha value is -1.65. The molecule has 4 rings (SSSR count). The predicted molar refractivity (Wildman–Crippen MR) is 99.4 cm³/mol. The lowest BCUT2D eigenvalue weighted by molar-refractivity contribution is 0.289. The summed E-state index contributed by atoms with van der Waals surface area (Å²) >= 11 is 0. The van der Waals surface area contributed by atoms with Crippen molar-refractivity contribution in [3.63, 3.8) is 0 Å². The zero-order chi connectivity index (χ0) is 17.2. The van der Waals surface area contributed by atoms with Crippen molar-refractivity contribution in [2.24, 2.45) is 11.8 Å². The van der Waals surface area contributed by atoms with Crippen molar-refractivity contribution in [3.8, 4) is 0 Å². The Kier molecular flexibility index (Phi) is 4.91. The normalized spacial score (nSPS) is 26.2. The quantitative estimate of drug-likeness (QED) is 0.876. The molecule has 1 N–H and O–H groups in total. The number of nitrogens with zero attached hydrogens (tertiary/aromatic N) is 2. The van der Waals surface area contributed by atoms with Gasteiger partial charge in [0, 0.05) is 31.2 Å². The summed E-state index contributed by atoms with van der Waals surface area (Å²) in [5.41, 5.74) is 3.75. The summed E-state index contributed by atoms with van der Waals surface area (Å²) in [4.78, 5) is 2.65. The van der Waals surface area contributed by atoms with Crippen LogP contribution in [0.2, 0.25) is 0 Å². The van der Waals surface area contributed by atoms with Crippen LogP contribution in [0.3, 0.4) is 0 Å². The van der Waals surface area contributed by atoms with Crippen molar-refractivity contribution < 1.29 is 4.52 Å². The summed E-state index contributed by atoms with van der Waals surface area (Å²) in [6, 6.07) is 11.5. The fourth-order valence-electron chi connectivity index (χ4n) is 4.82. The second kappa shape index (κ2) is 7.30. The van der Waals surface area contributed by atoms with E-state index in [1.54, 1.807) is 0 Å². The highest BCUT2D eigenvalue weighted by atomic mass is 16.5. The van der Waals surface area contributed by atoms with E-state index < -0.39 is 0 Å². The van der Waals surface area contributed by atoms with Crippen LogP contribution >= 0.6 is 0 Å². The topological polar surface area (TPSA) is 41.3 Å². The largest absolute Gasteiger partial charge is 0.361 e. The second-order valence-electron chi connectivity index (χ2n) is 7.79. The van der Waals surface area contributed by atoms with Gasteiger partial charge in [-0.1, -0.05) is 35.5 Å². The van der Waals surface area contributed by atoms with E-state index >= 15 is 0 Å². The Bertz CT molecular complexity index is 677. The molecular formula is C21H29N3O. The molecule has 0 radical (unpaired) electrons. The number of hydrogen-bond donors (Lipinski definition) is 1. The van der Waals surface area contributed by atoms with Gasteiger partial charge in [0.15, 0.2) is 0 Å². The monoisotopic (exact) mass is 339 g/mol. The van der Waals surface area contributed by atoms with Crippen LogP contribution < -0.4 is 5.32 Å². The van der Waals surface area contributed by atoms with Gasteiger partial charge in [-0.2, -0.15) is 0 Å². The van der Waals surface area contributed by atoms with Gasteiger partial charge in [0.25, 0.3) is 0 Å². The Labute approximate surface area is 150 Å². The molecule has 2 heterocycles. The molecule has 2 fully saturated rings. The third-order valence-electron chi connectivity index (χ3n) is 6.14. The summed E-state index contributed by atoms with van der Waals surface area (Å²) in [6.45, 7) is 8.68. The molecule has 25 heavy (non-hydrogen) atoms. The van der Waals surface area contributed by atoms with Crippen molar-refractivity contribution in [2.75, 3.05) is 19.6 Å². The second-order valence-corrected chi connectivity index (χ2v) is 7.79. The average Bonchev–Trinajstić information content (AvgIpc) is 3.26. The van der Waals surface area contributed by atoms with Crippen molar-refractivity contribution in [3.05, 3.63) is 52.9 Å². The molecule has 3 atom stereocenters. The predicted octanol–water partition coefficient (Wildman–Crippen LogP) is 3.33. The van der Waals surface area contributed by atoms with E-state index in [2.05, 4.69) is 45.7 Å². The van der Waals surface area contributed by atoms with Gasteiger partial charge in [-0.05, 0) is 57.1 Å². The summed E-state index contributed by atoms with van der Waals surface area (Å²) in [7, 11) is 0. The van der Waals surface area contributed by atoms with E-state index in [9.17, 15) is 0 Å². The van der Waals surface area contributed by atoms with Gasteiger partial charge < -0.3 is 9.84 Å². The minimum atomic E-state index is 0.672. The number of benzene rings is 1. The van der Waals surface area contributed by atoms with E-state index in [1.165, 1.54) is 37.1 Å². The molecule has 1 aliphatic carbocycles. The standard InChI is InChI=1S/C21H29N3O/c1-15-19(16(2)25-23-15)10-11-22-21-9-8-18-13-24(14-20(18)21)12-17-6-4-3-5-7-17/h3-7,18,20-22H,8-14H2,1-2H3. The SMILES string of the molecule is Cc1noc(C)c1CCNC1CCC2CN(Cc3ccccc3)CC21. The van der Waals surface area contributed by atoms with Gasteiger partial charge in [0.05, 0.1) is 5.69 Å². The lowest BCUT2D eigenvalue weighted by Gasteiger charge is -2.22. The maximum Gasteiger partial charge on any atom is 0.137 e. The molecule has 1 saturated heterocycles. The molecule has 1 aromatic heterocycles. The Morgan fingerprint density at radius 1 is 1.16 bits per heavy atom. The van der Waals surface area contributed by atoms with E-state index in [1.807, 2.05) is 13.8 Å². The first-order chi connectivity index (χ1) is 12.2. The van der Waals surface area contributed by atoms with Gasteiger partial charge in [-0.25, -0.2) is 0 Å². The molecule has 0 spiro atoms. The summed E-state index contributed by atoms with van der Waals surface area (Å²) in [5.74, 6) is 2.66. The third-order valence-corrected chi connectivity index (χ3v) is 6.14. The highest BCUT2D eigenvalue weighted by Crippen LogP contribution is 2.38. The van der Waals surface area contributed by atoms with Crippen LogP contribution in [0.5, 0.6) is 0 Å². The number of nitrogens with one attached hydrogen (secondary N) is 1. The van der Waals surface area contributed by atoms with E-state index in [-0.39, 0.29) is 0 Å². The lowest BCUT2D eigenvalue weighted by Crippen LogP contribution is -2.37. The maximum absolute atomic E-state index is 5.27. The molecule has 0 bridgehead atoms. The van der Waals surface area contributed by atoms with Gasteiger partial charge in [-0.15, -0.1) is 0 Å². The highest BCUT2D eigenvalue weighted by Gasteiger charge is 2.42. The molecule has 4 nitrogen and oxygen atoms in total. The maximum atomic E-state index is 5.27. The number of aromatic nitrogens is 1. The van der Waals surface area contributed by atoms with E-state index in [4.69, 9.17) is 4.52 Å². The van der Waals surface area contributed by atoms with Gasteiger partial charge in [0.1, 0.15) is 5.76 Å². The van der Waals surface area contributed by atoms with Gasteiger partial charge in [-0.3, -0.25) is 4.90 Å². The molecule has 1 aliphatic heterocycles. The summed E-state index contributed by atoms with van der Waals surface area (Å²) in [5, 5.41) is 7.89. The fraction of sp³-hybridized carbons (Fsp3) is 0.571. The molecular weight excluding hydrogens is 310 g/mol. The molecule has 1 saturated carbocycles. The zero-order valence-corrected chi connectivity index (χ0v) is 15.4. The van der Waals surface area contributed by atoms with Crippen molar-refractivity contribution in [1.82, 2.24) is 15.4 Å². The summed E-state index contributed by atoms with van der Waals surface area (Å²) < 4.78 is 5.27. The zero-order valence-electron chi connectivity index (χ0n) is 15.4. The van der Waals surface area contributed by atoms with E-state index in [0.717, 1.165) is 42.8 Å². The fourth-order valence-corrected chi connectivity index (χ4v) is 4.82. The Morgan fingerprint density at radius 2 is 2.00 bits per heavy atom. The minimum absolute atomic E-state index is 0.672. The van der Waals surface area contributed by atoms with Crippen molar-refractivity contribution in [1.29, 1.82) is 0 Å². The van der Waals surface area contributed by atoms with Crippen LogP contribution in [0.15, 0.2) is 34.9 Å². The van der Waals surface area contributed by atoms with E-state index in [0.29, 0.717) is 6.04 Å². The van der Waals surface area contributed by atoms with Crippen LogP contribution in [-0.4, -0.2) is 35.7 Å². The molecule has 3 unspecified atom stereocenters. The van der Waals surface area contributed by atoms with Crippen LogP contribution in [-0.2, 0) is 13.0 Å². The number of aryl methyl sites for hydroxylation is 2. The molecule has 2 aliphatic rings. The first kappa shape index (κ1) is 16.8. The van der Waals surface area contributed by atoms with Crippen molar-refractivity contribution >= 4 is 0 Å². The molecule has 0 amide bonds. The average molecular weight is 339 g/mol. The number of likely N-dealkylation sites (tertiary alicyclic amines) is 1.